The minimum absolute atomic E-state index is 0.0337. The number of carbonyl (C=O) groups excluding carboxylic acids is 3. The number of para-hydroxylation sites is 2. The highest BCUT2D eigenvalue weighted by Gasteiger charge is 2.32. The van der Waals surface area contributed by atoms with E-state index in [1.807, 2.05) is 6.07 Å². The van der Waals surface area contributed by atoms with Crippen LogP contribution >= 0.6 is 0 Å². The fourth-order valence-corrected chi connectivity index (χ4v) is 2.44. The number of hydrogen-bond acceptors (Lipinski definition) is 3. The minimum Gasteiger partial charge on any atom is -0.310 e. The molecule has 0 radical (unpaired) electrons. The van der Waals surface area contributed by atoms with Gasteiger partial charge < -0.3 is 9.80 Å². The Morgan fingerprint density at radius 3 is 2.35 bits per heavy atom. The first-order valence-electron chi connectivity index (χ1n) is 6.59. The van der Waals surface area contributed by atoms with E-state index in [1.54, 1.807) is 30.0 Å². The molecule has 2 rings (SSSR count). The largest absolute Gasteiger partial charge is 0.310 e. The van der Waals surface area contributed by atoms with Crippen molar-refractivity contribution in [2.24, 2.45) is 5.92 Å². The maximum Gasteiger partial charge on any atom is 0.232 e. The standard InChI is InChI=1S/C15H18N2O3/c1-10-8-16(12(3)19)13-6-4-5-7-14(13)17(15(10)20)9-11(2)18/h4-7,10H,8-9H2,1-3H3/t10-/m1/s1. The minimum atomic E-state index is -0.342. The Kier molecular flexibility index (Phi) is 3.88. The predicted molar refractivity (Wildman–Crippen MR) is 76.7 cm³/mol. The molecule has 1 aromatic rings. The summed E-state index contributed by atoms with van der Waals surface area (Å²) in [5.41, 5.74) is 1.30. The van der Waals surface area contributed by atoms with E-state index in [0.29, 0.717) is 17.9 Å². The Morgan fingerprint density at radius 2 is 1.80 bits per heavy atom. The number of ketones is 1. The molecule has 106 valence electrons. The van der Waals surface area contributed by atoms with Gasteiger partial charge in [-0.15, -0.1) is 0 Å². The zero-order valence-corrected chi connectivity index (χ0v) is 11.9. The molecule has 0 bridgehead atoms. The highest BCUT2D eigenvalue weighted by atomic mass is 16.2. The van der Waals surface area contributed by atoms with E-state index in [9.17, 15) is 14.4 Å². The van der Waals surface area contributed by atoms with Gasteiger partial charge in [0.05, 0.1) is 23.8 Å². The molecule has 1 heterocycles. The normalized spacial score (nSPS) is 18.6. The second kappa shape index (κ2) is 5.45. The van der Waals surface area contributed by atoms with Gasteiger partial charge in [-0.3, -0.25) is 14.4 Å². The third-order valence-corrected chi connectivity index (χ3v) is 3.37. The molecule has 0 N–H and O–H groups in total. The molecule has 0 saturated heterocycles. The first-order valence-corrected chi connectivity index (χ1v) is 6.59. The van der Waals surface area contributed by atoms with Gasteiger partial charge in [0.2, 0.25) is 11.8 Å². The Hall–Kier alpha value is -2.17. The Labute approximate surface area is 118 Å². The van der Waals surface area contributed by atoms with Crippen LogP contribution in [0.3, 0.4) is 0 Å². The van der Waals surface area contributed by atoms with Crippen molar-refractivity contribution >= 4 is 29.0 Å². The summed E-state index contributed by atoms with van der Waals surface area (Å²) in [7, 11) is 0. The Balaban J connectivity index is 2.56. The lowest BCUT2D eigenvalue weighted by Gasteiger charge is -2.24. The fourth-order valence-electron chi connectivity index (χ4n) is 2.44. The van der Waals surface area contributed by atoms with Gasteiger partial charge in [-0.2, -0.15) is 0 Å². The molecule has 5 heteroatoms. The van der Waals surface area contributed by atoms with Crippen molar-refractivity contribution in [3.8, 4) is 0 Å². The molecule has 0 unspecified atom stereocenters. The summed E-state index contributed by atoms with van der Waals surface area (Å²) in [6, 6.07) is 7.19. The number of carbonyl (C=O) groups is 3. The molecule has 0 aromatic heterocycles. The summed E-state index contributed by atoms with van der Waals surface area (Å²) in [5, 5.41) is 0. The van der Waals surface area contributed by atoms with Gasteiger partial charge in [-0.25, -0.2) is 0 Å². The van der Waals surface area contributed by atoms with Crippen LogP contribution in [0.5, 0.6) is 0 Å². The van der Waals surface area contributed by atoms with Gasteiger partial charge in [-0.05, 0) is 19.1 Å². The molecule has 20 heavy (non-hydrogen) atoms. The van der Waals surface area contributed by atoms with Crippen molar-refractivity contribution in [1.82, 2.24) is 0 Å². The van der Waals surface area contributed by atoms with Crippen molar-refractivity contribution < 1.29 is 14.4 Å². The maximum atomic E-state index is 12.4. The van der Waals surface area contributed by atoms with E-state index in [1.165, 1.54) is 18.7 Å². The number of anilines is 2. The van der Waals surface area contributed by atoms with Gasteiger partial charge in [-0.1, -0.05) is 19.1 Å². The molecule has 1 aliphatic heterocycles. The maximum absolute atomic E-state index is 12.4. The predicted octanol–water partition coefficient (Wildman–Crippen LogP) is 1.61. The Morgan fingerprint density at radius 1 is 1.20 bits per heavy atom. The molecule has 0 aliphatic carbocycles. The summed E-state index contributed by atoms with van der Waals surface area (Å²) in [5.74, 6) is -0.666. The van der Waals surface area contributed by atoms with Crippen molar-refractivity contribution in [3.63, 3.8) is 0 Å². The Bertz CT molecular complexity index is 568. The SMILES string of the molecule is CC(=O)CN1C(=O)[C@H](C)CN(C(C)=O)c2ccccc21. The lowest BCUT2D eigenvalue weighted by atomic mass is 10.1. The zero-order chi connectivity index (χ0) is 14.9. The number of nitrogens with zero attached hydrogens (tertiary/aromatic N) is 2. The van der Waals surface area contributed by atoms with Crippen molar-refractivity contribution in [2.75, 3.05) is 22.9 Å². The first kappa shape index (κ1) is 14.2. The van der Waals surface area contributed by atoms with E-state index < -0.39 is 0 Å². The van der Waals surface area contributed by atoms with Crippen LogP contribution in [-0.2, 0) is 14.4 Å². The molecule has 2 amide bonds. The van der Waals surface area contributed by atoms with Crippen LogP contribution in [-0.4, -0.2) is 30.7 Å². The number of amides is 2. The highest BCUT2D eigenvalue weighted by molar-refractivity contribution is 6.07. The number of fused-ring (bicyclic) bond motifs is 1. The smallest absolute Gasteiger partial charge is 0.232 e. The van der Waals surface area contributed by atoms with Crippen LogP contribution in [0.15, 0.2) is 24.3 Å². The average molecular weight is 274 g/mol. The number of benzene rings is 1. The van der Waals surface area contributed by atoms with Crippen LogP contribution in [0.1, 0.15) is 20.8 Å². The van der Waals surface area contributed by atoms with E-state index in [2.05, 4.69) is 0 Å². The quantitative estimate of drug-likeness (QED) is 0.823. The van der Waals surface area contributed by atoms with Crippen LogP contribution in [0, 0.1) is 5.92 Å². The molecular weight excluding hydrogens is 256 g/mol. The van der Waals surface area contributed by atoms with Crippen LogP contribution in [0.4, 0.5) is 11.4 Å². The summed E-state index contributed by atoms with van der Waals surface area (Å²) in [6.45, 7) is 5.08. The number of Topliss-reactive ketones (excluding diaryl/α,β-unsaturated/α-hetero) is 1. The molecule has 5 nitrogen and oxygen atoms in total. The molecule has 0 fully saturated rings. The van der Waals surface area contributed by atoms with Crippen LogP contribution in [0.25, 0.3) is 0 Å². The molecule has 0 spiro atoms. The van der Waals surface area contributed by atoms with Crippen molar-refractivity contribution in [1.29, 1.82) is 0 Å². The lowest BCUT2D eigenvalue weighted by molar-refractivity contribution is -0.124. The average Bonchev–Trinajstić information content (AvgIpc) is 2.49. The third-order valence-electron chi connectivity index (χ3n) is 3.37. The van der Waals surface area contributed by atoms with Gasteiger partial charge in [0.25, 0.3) is 0 Å². The van der Waals surface area contributed by atoms with E-state index in [0.717, 1.165) is 0 Å². The molecular formula is C15H18N2O3. The summed E-state index contributed by atoms with van der Waals surface area (Å²) >= 11 is 0. The van der Waals surface area contributed by atoms with Crippen LogP contribution in [0.2, 0.25) is 0 Å². The van der Waals surface area contributed by atoms with Gasteiger partial charge in [0.1, 0.15) is 5.78 Å². The number of rotatable bonds is 2. The second-order valence-corrected chi connectivity index (χ2v) is 5.15. The van der Waals surface area contributed by atoms with Crippen molar-refractivity contribution in [3.05, 3.63) is 24.3 Å². The van der Waals surface area contributed by atoms with Gasteiger partial charge in [0, 0.05) is 13.5 Å². The second-order valence-electron chi connectivity index (χ2n) is 5.15. The van der Waals surface area contributed by atoms with Crippen molar-refractivity contribution in [2.45, 2.75) is 20.8 Å². The van der Waals surface area contributed by atoms with E-state index >= 15 is 0 Å². The highest BCUT2D eigenvalue weighted by Crippen LogP contribution is 2.33. The van der Waals surface area contributed by atoms with Gasteiger partial charge in [0.15, 0.2) is 0 Å². The topological polar surface area (TPSA) is 57.7 Å². The van der Waals surface area contributed by atoms with E-state index in [-0.39, 0.29) is 30.1 Å². The van der Waals surface area contributed by atoms with E-state index in [4.69, 9.17) is 0 Å². The third kappa shape index (κ3) is 2.57. The monoisotopic (exact) mass is 274 g/mol. The van der Waals surface area contributed by atoms with Crippen LogP contribution < -0.4 is 9.80 Å². The summed E-state index contributed by atoms with van der Waals surface area (Å²) in [4.78, 5) is 38.8. The summed E-state index contributed by atoms with van der Waals surface area (Å²) in [6.07, 6.45) is 0. The summed E-state index contributed by atoms with van der Waals surface area (Å²) < 4.78 is 0. The first-order chi connectivity index (χ1) is 9.41. The molecule has 0 saturated carbocycles. The fraction of sp³-hybridized carbons (Fsp3) is 0.400. The molecule has 1 atom stereocenters. The number of hydrogen-bond donors (Lipinski definition) is 0. The van der Waals surface area contributed by atoms with Gasteiger partial charge >= 0.3 is 0 Å². The molecule has 1 aliphatic rings. The lowest BCUT2D eigenvalue weighted by Crippen LogP contribution is -2.39. The molecule has 1 aromatic carbocycles. The zero-order valence-electron chi connectivity index (χ0n) is 11.9.